The third kappa shape index (κ3) is 3.91. The standard InChI is InChI=1S/C20H20N4O6S/c1-20(2,14-9-11-15(12-10-14)23(25)26)18(17-19(24(27)28)22(3)13-21-17)31(29,30)16-7-5-4-6-8-16/h4-13,18H,1-3H3. The number of rotatable bonds is 7. The highest BCUT2D eigenvalue weighted by molar-refractivity contribution is 7.91. The van der Waals surface area contributed by atoms with Gasteiger partial charge in [-0.25, -0.2) is 18.0 Å². The smallest absolute Gasteiger partial charge is 0.347 e. The van der Waals surface area contributed by atoms with Crippen LogP contribution in [0.1, 0.15) is 30.4 Å². The number of nitro benzene ring substituents is 1. The first kappa shape index (κ1) is 22.1. The van der Waals surface area contributed by atoms with Gasteiger partial charge in [-0.05, 0) is 22.6 Å². The molecule has 2 aromatic carbocycles. The van der Waals surface area contributed by atoms with Crippen molar-refractivity contribution in [3.63, 3.8) is 0 Å². The third-order valence-electron chi connectivity index (χ3n) is 5.21. The molecule has 11 heteroatoms. The van der Waals surface area contributed by atoms with Crippen LogP contribution < -0.4 is 0 Å². The van der Waals surface area contributed by atoms with Crippen LogP contribution in [0.4, 0.5) is 11.5 Å². The second-order valence-electron chi connectivity index (χ2n) is 7.59. The van der Waals surface area contributed by atoms with Crippen LogP contribution in [0.2, 0.25) is 0 Å². The summed E-state index contributed by atoms with van der Waals surface area (Å²) in [5.74, 6) is -0.431. The van der Waals surface area contributed by atoms with E-state index in [-0.39, 0.29) is 16.3 Å². The zero-order valence-electron chi connectivity index (χ0n) is 17.0. The number of hydrogen-bond acceptors (Lipinski definition) is 7. The molecule has 0 saturated carbocycles. The van der Waals surface area contributed by atoms with E-state index >= 15 is 0 Å². The molecule has 162 valence electrons. The topological polar surface area (TPSA) is 138 Å². The normalized spacial score (nSPS) is 13.0. The van der Waals surface area contributed by atoms with Crippen molar-refractivity contribution in [1.29, 1.82) is 0 Å². The lowest BCUT2D eigenvalue weighted by Crippen LogP contribution is -2.34. The van der Waals surface area contributed by atoms with Crippen LogP contribution in [0.5, 0.6) is 0 Å². The minimum Gasteiger partial charge on any atom is -0.358 e. The number of benzene rings is 2. The fourth-order valence-electron chi connectivity index (χ4n) is 3.64. The average molecular weight is 444 g/mol. The van der Waals surface area contributed by atoms with Crippen molar-refractivity contribution in [3.05, 3.63) is 92.4 Å². The van der Waals surface area contributed by atoms with Gasteiger partial charge in [0, 0.05) is 17.5 Å². The van der Waals surface area contributed by atoms with Crippen LogP contribution in [0.3, 0.4) is 0 Å². The SMILES string of the molecule is Cn1cnc(C(C(C)(C)c2ccc([N+](=O)[O-])cc2)S(=O)(=O)c2ccccc2)c1[N+](=O)[O-]. The molecule has 3 aromatic rings. The van der Waals surface area contributed by atoms with E-state index in [1.807, 2.05) is 0 Å². The summed E-state index contributed by atoms with van der Waals surface area (Å²) < 4.78 is 28.6. The summed E-state index contributed by atoms with van der Waals surface area (Å²) in [6, 6.07) is 13.1. The van der Waals surface area contributed by atoms with E-state index in [9.17, 15) is 28.6 Å². The zero-order valence-corrected chi connectivity index (χ0v) is 17.8. The lowest BCUT2D eigenvalue weighted by atomic mass is 9.80. The van der Waals surface area contributed by atoms with Crippen LogP contribution >= 0.6 is 0 Å². The van der Waals surface area contributed by atoms with Crippen LogP contribution in [0.25, 0.3) is 0 Å². The maximum atomic E-state index is 13.7. The molecule has 0 N–H and O–H groups in total. The maximum Gasteiger partial charge on any atom is 0.347 e. The minimum absolute atomic E-state index is 0.00469. The number of hydrogen-bond donors (Lipinski definition) is 0. The molecular formula is C20H20N4O6S. The monoisotopic (exact) mass is 444 g/mol. The van der Waals surface area contributed by atoms with E-state index in [1.165, 1.54) is 49.8 Å². The lowest BCUT2D eigenvalue weighted by molar-refractivity contribution is -0.392. The number of nitro groups is 2. The van der Waals surface area contributed by atoms with Gasteiger partial charge in [-0.2, -0.15) is 0 Å². The predicted molar refractivity (Wildman–Crippen MR) is 112 cm³/mol. The van der Waals surface area contributed by atoms with Gasteiger partial charge in [0.25, 0.3) is 5.69 Å². The number of aryl methyl sites for hydroxylation is 1. The number of nitrogens with zero attached hydrogens (tertiary/aromatic N) is 4. The van der Waals surface area contributed by atoms with Crippen molar-refractivity contribution in [3.8, 4) is 0 Å². The van der Waals surface area contributed by atoms with Crippen molar-refractivity contribution < 1.29 is 18.3 Å². The van der Waals surface area contributed by atoms with E-state index in [0.29, 0.717) is 5.56 Å². The highest BCUT2D eigenvalue weighted by Crippen LogP contribution is 2.47. The molecule has 0 radical (unpaired) electrons. The van der Waals surface area contributed by atoms with Crippen molar-refractivity contribution in [2.24, 2.45) is 7.05 Å². The van der Waals surface area contributed by atoms with E-state index in [4.69, 9.17) is 0 Å². The van der Waals surface area contributed by atoms with Gasteiger partial charge >= 0.3 is 5.82 Å². The molecule has 0 aliphatic carbocycles. The summed E-state index contributed by atoms with van der Waals surface area (Å²) in [6.45, 7) is 3.25. The summed E-state index contributed by atoms with van der Waals surface area (Å²) in [7, 11) is -2.73. The van der Waals surface area contributed by atoms with E-state index < -0.39 is 36.2 Å². The molecule has 0 amide bonds. The van der Waals surface area contributed by atoms with Crippen molar-refractivity contribution in [2.45, 2.75) is 29.4 Å². The summed E-state index contributed by atoms with van der Waals surface area (Å²) in [4.78, 5) is 25.6. The van der Waals surface area contributed by atoms with Gasteiger partial charge in [0.15, 0.2) is 21.9 Å². The quantitative estimate of drug-likeness (QED) is 0.400. The Morgan fingerprint density at radius 1 is 0.968 bits per heavy atom. The van der Waals surface area contributed by atoms with Crippen molar-refractivity contribution in [2.75, 3.05) is 0 Å². The number of imidazole rings is 1. The molecule has 1 atom stereocenters. The molecule has 0 saturated heterocycles. The highest BCUT2D eigenvalue weighted by Gasteiger charge is 2.47. The number of non-ortho nitro benzene ring substituents is 1. The Kier molecular flexibility index (Phi) is 5.64. The fraction of sp³-hybridized carbons (Fsp3) is 0.250. The summed E-state index contributed by atoms with van der Waals surface area (Å²) in [5.41, 5.74) is -1.10. The van der Waals surface area contributed by atoms with Gasteiger partial charge < -0.3 is 10.1 Å². The molecule has 1 heterocycles. The number of sulfone groups is 1. The first-order valence-electron chi connectivity index (χ1n) is 9.17. The summed E-state index contributed by atoms with van der Waals surface area (Å²) in [6.07, 6.45) is 1.20. The largest absolute Gasteiger partial charge is 0.358 e. The Balaban J connectivity index is 2.28. The molecule has 0 bridgehead atoms. The van der Waals surface area contributed by atoms with Crippen LogP contribution in [-0.2, 0) is 22.3 Å². The van der Waals surface area contributed by atoms with Crippen LogP contribution in [0.15, 0.2) is 65.8 Å². The molecule has 0 fully saturated rings. The highest BCUT2D eigenvalue weighted by atomic mass is 32.2. The summed E-state index contributed by atoms with van der Waals surface area (Å²) in [5, 5.41) is 21.3. The first-order chi connectivity index (χ1) is 14.5. The average Bonchev–Trinajstić information content (AvgIpc) is 3.09. The zero-order chi connectivity index (χ0) is 23.0. The van der Waals surface area contributed by atoms with Crippen molar-refractivity contribution in [1.82, 2.24) is 9.55 Å². The minimum atomic E-state index is -4.14. The van der Waals surface area contributed by atoms with Gasteiger partial charge in [0.05, 0.1) is 16.9 Å². The van der Waals surface area contributed by atoms with Crippen LogP contribution in [0, 0.1) is 20.2 Å². The Morgan fingerprint density at radius 3 is 2.06 bits per heavy atom. The van der Waals surface area contributed by atoms with Gasteiger partial charge in [0.1, 0.15) is 5.25 Å². The second-order valence-corrected chi connectivity index (χ2v) is 9.62. The first-order valence-corrected chi connectivity index (χ1v) is 10.7. The number of aromatic nitrogens is 2. The molecule has 0 spiro atoms. The second kappa shape index (κ2) is 7.91. The molecule has 0 aliphatic heterocycles. The molecule has 0 aliphatic rings. The van der Waals surface area contributed by atoms with Gasteiger partial charge in [-0.1, -0.05) is 44.2 Å². The molecule has 1 aromatic heterocycles. The molecule has 3 rings (SSSR count). The molecular weight excluding hydrogens is 424 g/mol. The van der Waals surface area contributed by atoms with Gasteiger partial charge in [-0.3, -0.25) is 10.1 Å². The van der Waals surface area contributed by atoms with Gasteiger partial charge in [-0.15, -0.1) is 0 Å². The van der Waals surface area contributed by atoms with Crippen molar-refractivity contribution >= 4 is 21.3 Å². The molecule has 1 unspecified atom stereocenters. The Labute approximate surface area is 178 Å². The molecule has 10 nitrogen and oxygen atoms in total. The van der Waals surface area contributed by atoms with Gasteiger partial charge in [0.2, 0.25) is 0 Å². The third-order valence-corrected chi connectivity index (χ3v) is 7.58. The van der Waals surface area contributed by atoms with E-state index in [1.54, 1.807) is 32.0 Å². The Bertz CT molecular complexity index is 1230. The summed E-state index contributed by atoms with van der Waals surface area (Å²) >= 11 is 0. The molecule has 31 heavy (non-hydrogen) atoms. The maximum absolute atomic E-state index is 13.7. The van der Waals surface area contributed by atoms with E-state index in [0.717, 1.165) is 4.57 Å². The Hall–Kier alpha value is -3.60. The van der Waals surface area contributed by atoms with Crippen LogP contribution in [-0.4, -0.2) is 27.8 Å². The van der Waals surface area contributed by atoms with E-state index in [2.05, 4.69) is 4.98 Å². The lowest BCUT2D eigenvalue weighted by Gasteiger charge is -2.33. The fourth-order valence-corrected chi connectivity index (χ4v) is 5.82. The predicted octanol–water partition coefficient (Wildman–Crippen LogP) is 3.73. The Morgan fingerprint density at radius 2 is 1.55 bits per heavy atom.